The Balaban J connectivity index is 1.99. The molecular formula is C14H9FIN3. The van der Waals surface area contributed by atoms with Crippen LogP contribution in [0.4, 0.5) is 10.2 Å². The normalized spacial score (nSPS) is 11.5. The first-order chi connectivity index (χ1) is 9.24. The predicted molar refractivity (Wildman–Crippen MR) is 82.5 cm³/mol. The number of nitrogens with zero attached hydrogens (tertiary/aromatic N) is 2. The molecule has 0 radical (unpaired) electrons. The molecule has 0 fully saturated rings. The number of aromatic amines is 1. The Morgan fingerprint density at radius 1 is 1.16 bits per heavy atom. The molecule has 1 aromatic heterocycles. The molecule has 3 nitrogen and oxygen atoms in total. The number of nitrogens with one attached hydrogen (secondary N) is 1. The summed E-state index contributed by atoms with van der Waals surface area (Å²) in [5.74, 6) is 0.390. The average molecular weight is 365 g/mol. The summed E-state index contributed by atoms with van der Waals surface area (Å²) < 4.78 is 13.9. The molecule has 1 heterocycles. The molecule has 3 aromatic rings. The van der Waals surface area contributed by atoms with E-state index in [9.17, 15) is 4.39 Å². The van der Waals surface area contributed by atoms with Crippen molar-refractivity contribution in [2.45, 2.75) is 0 Å². The van der Waals surface area contributed by atoms with Crippen molar-refractivity contribution in [3.05, 3.63) is 57.4 Å². The van der Waals surface area contributed by atoms with E-state index in [0.29, 0.717) is 5.82 Å². The molecule has 1 N–H and O–H groups in total. The maximum Gasteiger partial charge on any atom is 0.182 e. The Bertz CT molecular complexity index is 747. The quantitative estimate of drug-likeness (QED) is 0.540. The van der Waals surface area contributed by atoms with Gasteiger partial charge in [0.1, 0.15) is 5.82 Å². The average Bonchev–Trinajstić information content (AvgIpc) is 2.83. The molecule has 0 saturated carbocycles. The Morgan fingerprint density at radius 2 is 1.95 bits per heavy atom. The van der Waals surface area contributed by atoms with E-state index in [-0.39, 0.29) is 5.82 Å². The summed E-state index contributed by atoms with van der Waals surface area (Å²) in [4.78, 5) is 4.36. The molecule has 5 heteroatoms. The van der Waals surface area contributed by atoms with E-state index in [4.69, 9.17) is 0 Å². The fraction of sp³-hybridized carbons (Fsp3) is 0. The highest BCUT2D eigenvalue weighted by molar-refractivity contribution is 14.1. The van der Waals surface area contributed by atoms with Crippen molar-refractivity contribution in [3.63, 3.8) is 0 Å². The van der Waals surface area contributed by atoms with Crippen molar-refractivity contribution >= 4 is 45.5 Å². The fourth-order valence-corrected chi connectivity index (χ4v) is 2.53. The fourth-order valence-electron chi connectivity index (χ4n) is 1.79. The van der Waals surface area contributed by atoms with Gasteiger partial charge >= 0.3 is 0 Å². The third kappa shape index (κ3) is 2.51. The number of fused-ring (bicyclic) bond motifs is 1. The van der Waals surface area contributed by atoms with Gasteiger partial charge in [-0.05, 0) is 52.4 Å². The Labute approximate surface area is 122 Å². The van der Waals surface area contributed by atoms with Gasteiger partial charge in [-0.15, -0.1) is 0 Å². The van der Waals surface area contributed by atoms with Crippen molar-refractivity contribution in [2.75, 3.05) is 0 Å². The molecule has 0 aliphatic rings. The molecule has 0 unspecified atom stereocenters. The smallest absolute Gasteiger partial charge is 0.182 e. The lowest BCUT2D eigenvalue weighted by molar-refractivity contribution is 0.628. The first-order valence-corrected chi connectivity index (χ1v) is 6.74. The number of aliphatic imine (C=N–C) groups is 1. The Morgan fingerprint density at radius 3 is 2.74 bits per heavy atom. The third-order valence-corrected chi connectivity index (χ3v) is 3.62. The minimum absolute atomic E-state index is 0.253. The van der Waals surface area contributed by atoms with Crippen LogP contribution in [-0.2, 0) is 0 Å². The molecule has 0 aliphatic carbocycles. The molecule has 0 amide bonds. The van der Waals surface area contributed by atoms with E-state index in [1.54, 1.807) is 18.3 Å². The lowest BCUT2D eigenvalue weighted by Gasteiger charge is -1.94. The number of halogens is 2. The summed E-state index contributed by atoms with van der Waals surface area (Å²) in [6.07, 6.45) is 1.68. The van der Waals surface area contributed by atoms with E-state index >= 15 is 0 Å². The zero-order valence-electron chi connectivity index (χ0n) is 9.77. The highest BCUT2D eigenvalue weighted by Crippen LogP contribution is 2.27. The van der Waals surface area contributed by atoms with Crippen LogP contribution in [0, 0.1) is 9.39 Å². The van der Waals surface area contributed by atoms with Gasteiger partial charge in [0.15, 0.2) is 5.82 Å². The Kier molecular flexibility index (Phi) is 3.29. The molecule has 94 valence electrons. The van der Waals surface area contributed by atoms with Gasteiger partial charge in [-0.2, -0.15) is 5.10 Å². The zero-order valence-corrected chi connectivity index (χ0v) is 11.9. The lowest BCUT2D eigenvalue weighted by Crippen LogP contribution is -1.81. The summed E-state index contributed by atoms with van der Waals surface area (Å²) in [5, 5.41) is 8.13. The highest BCUT2D eigenvalue weighted by Gasteiger charge is 2.06. The number of hydrogen-bond acceptors (Lipinski definition) is 2. The SMILES string of the molecule is Fc1ccc(C=Nc2n[nH]c3cccc(I)c23)cc1. The van der Waals surface area contributed by atoms with Crippen LogP contribution >= 0.6 is 22.6 Å². The number of hydrogen-bond donors (Lipinski definition) is 1. The van der Waals surface area contributed by atoms with Crippen molar-refractivity contribution in [3.8, 4) is 0 Å². The van der Waals surface area contributed by atoms with Gasteiger partial charge in [-0.25, -0.2) is 9.38 Å². The predicted octanol–water partition coefficient (Wildman–Crippen LogP) is 4.06. The van der Waals surface area contributed by atoms with Gasteiger partial charge < -0.3 is 0 Å². The van der Waals surface area contributed by atoms with Gasteiger partial charge in [0.25, 0.3) is 0 Å². The van der Waals surface area contributed by atoms with Crippen molar-refractivity contribution < 1.29 is 4.39 Å². The van der Waals surface area contributed by atoms with Crippen molar-refractivity contribution in [1.29, 1.82) is 0 Å². The van der Waals surface area contributed by atoms with E-state index in [0.717, 1.165) is 20.0 Å². The molecule has 19 heavy (non-hydrogen) atoms. The monoisotopic (exact) mass is 365 g/mol. The van der Waals surface area contributed by atoms with Gasteiger partial charge in [0.2, 0.25) is 0 Å². The van der Waals surface area contributed by atoms with E-state index in [1.165, 1.54) is 12.1 Å². The van der Waals surface area contributed by atoms with E-state index < -0.39 is 0 Å². The van der Waals surface area contributed by atoms with Crippen molar-refractivity contribution in [2.24, 2.45) is 4.99 Å². The molecule has 0 saturated heterocycles. The van der Waals surface area contributed by atoms with Gasteiger partial charge in [0, 0.05) is 9.78 Å². The summed E-state index contributed by atoms with van der Waals surface area (Å²) in [7, 11) is 0. The lowest BCUT2D eigenvalue weighted by atomic mass is 10.2. The second-order valence-corrected chi connectivity index (χ2v) is 5.18. The molecule has 0 bridgehead atoms. The topological polar surface area (TPSA) is 41.0 Å². The van der Waals surface area contributed by atoms with Crippen molar-refractivity contribution in [1.82, 2.24) is 10.2 Å². The highest BCUT2D eigenvalue weighted by atomic mass is 127. The number of aromatic nitrogens is 2. The minimum atomic E-state index is -0.253. The van der Waals surface area contributed by atoms with Crippen LogP contribution in [-0.4, -0.2) is 16.4 Å². The molecule has 0 aliphatic heterocycles. The molecule has 0 atom stereocenters. The Hall–Kier alpha value is -1.76. The van der Waals surface area contributed by atoms with Crippen LogP contribution in [0.2, 0.25) is 0 Å². The first-order valence-electron chi connectivity index (χ1n) is 5.66. The zero-order chi connectivity index (χ0) is 13.2. The minimum Gasteiger partial charge on any atom is -0.276 e. The van der Waals surface area contributed by atoms with Gasteiger partial charge in [-0.3, -0.25) is 5.10 Å². The molecular weight excluding hydrogens is 356 g/mol. The summed E-state index contributed by atoms with van der Waals surface area (Å²) in [6.45, 7) is 0. The third-order valence-electron chi connectivity index (χ3n) is 2.73. The summed E-state index contributed by atoms with van der Waals surface area (Å²) >= 11 is 2.26. The second-order valence-electron chi connectivity index (χ2n) is 4.02. The first kappa shape index (κ1) is 12.3. The maximum absolute atomic E-state index is 12.8. The number of rotatable bonds is 2. The molecule has 3 rings (SSSR count). The van der Waals surface area contributed by atoms with Gasteiger partial charge in [-0.1, -0.05) is 18.2 Å². The number of H-pyrrole nitrogens is 1. The summed E-state index contributed by atoms with van der Waals surface area (Å²) in [6, 6.07) is 12.1. The second kappa shape index (κ2) is 5.08. The largest absolute Gasteiger partial charge is 0.276 e. The van der Waals surface area contributed by atoms with E-state index in [2.05, 4.69) is 37.8 Å². The van der Waals surface area contributed by atoms with Crippen LogP contribution in [0.25, 0.3) is 10.9 Å². The van der Waals surface area contributed by atoms with Crippen LogP contribution < -0.4 is 0 Å². The van der Waals surface area contributed by atoms with Crippen LogP contribution in [0.5, 0.6) is 0 Å². The molecule has 0 spiro atoms. The van der Waals surface area contributed by atoms with Crippen LogP contribution in [0.3, 0.4) is 0 Å². The van der Waals surface area contributed by atoms with Gasteiger partial charge in [0.05, 0.1) is 10.9 Å². The number of benzene rings is 2. The molecule has 2 aromatic carbocycles. The van der Waals surface area contributed by atoms with Crippen LogP contribution in [0.1, 0.15) is 5.56 Å². The van der Waals surface area contributed by atoms with Crippen LogP contribution in [0.15, 0.2) is 47.5 Å². The standard InChI is InChI=1S/C14H9FIN3/c15-10-6-4-9(5-7-10)8-17-14-13-11(16)2-1-3-12(13)18-19-14/h1-8H,(H,18,19). The maximum atomic E-state index is 12.8. The summed E-state index contributed by atoms with van der Waals surface area (Å²) in [5.41, 5.74) is 1.79. The van der Waals surface area contributed by atoms with E-state index in [1.807, 2.05) is 18.2 Å².